The van der Waals surface area contributed by atoms with Gasteiger partial charge in [-0.3, -0.25) is 9.78 Å². The Morgan fingerprint density at radius 2 is 2.25 bits per heavy atom. The molecule has 0 bridgehead atoms. The first kappa shape index (κ1) is 8.64. The minimum atomic E-state index is -0.296. The van der Waals surface area contributed by atoms with E-state index in [2.05, 4.69) is 9.97 Å². The number of carbonyl (C=O) groups is 1. The van der Waals surface area contributed by atoms with Gasteiger partial charge in [0.2, 0.25) is 5.88 Å². The first-order valence-corrected chi connectivity index (χ1v) is 3.68. The third-order valence-electron chi connectivity index (χ3n) is 1.22. The molecule has 0 radical (unpaired) electrons. The van der Waals surface area contributed by atoms with Crippen LogP contribution >= 0.6 is 0 Å². The number of ether oxygens (including phenoxy) is 1. The summed E-state index contributed by atoms with van der Waals surface area (Å²) >= 11 is 0. The van der Waals surface area contributed by atoms with E-state index in [0.29, 0.717) is 0 Å². The van der Waals surface area contributed by atoms with Crippen molar-refractivity contribution < 1.29 is 9.53 Å². The zero-order valence-corrected chi connectivity index (χ0v) is 7.02. The molecule has 64 valence electrons. The molecule has 12 heavy (non-hydrogen) atoms. The molecule has 1 aromatic rings. The molecule has 0 aromatic carbocycles. The normalized spacial score (nSPS) is 9.92. The minimum absolute atomic E-state index is 0.146. The lowest BCUT2D eigenvalue weighted by molar-refractivity contribution is -0.138. The number of aromatic nitrogens is 2. The molecule has 0 aliphatic carbocycles. The van der Waals surface area contributed by atoms with Gasteiger partial charge in [0.25, 0.3) is 0 Å². The molecule has 0 saturated heterocycles. The molecule has 1 rings (SSSR count). The van der Waals surface area contributed by atoms with Crippen molar-refractivity contribution in [3.63, 3.8) is 0 Å². The minimum Gasteiger partial charge on any atom is -0.406 e. The fourth-order valence-corrected chi connectivity index (χ4v) is 0.559. The highest BCUT2D eigenvalue weighted by molar-refractivity contribution is 5.73. The monoisotopic (exact) mass is 166 g/mol. The molecular formula is C8H10N2O2. The van der Waals surface area contributed by atoms with Crippen LogP contribution in [0.4, 0.5) is 0 Å². The average Bonchev–Trinajstić information content (AvgIpc) is 2.06. The first-order valence-electron chi connectivity index (χ1n) is 3.68. The molecule has 0 fully saturated rings. The van der Waals surface area contributed by atoms with E-state index in [9.17, 15) is 4.79 Å². The van der Waals surface area contributed by atoms with Crippen LogP contribution in [-0.2, 0) is 4.79 Å². The third-order valence-corrected chi connectivity index (χ3v) is 1.22. The standard InChI is InChI=1S/C8H10N2O2/c1-6(2)8(11)12-7-5-9-3-4-10-7/h3-6H,1-2H3. The summed E-state index contributed by atoms with van der Waals surface area (Å²) in [6.45, 7) is 3.53. The predicted molar refractivity (Wildman–Crippen MR) is 42.5 cm³/mol. The van der Waals surface area contributed by atoms with Crippen molar-refractivity contribution >= 4 is 5.97 Å². The van der Waals surface area contributed by atoms with Gasteiger partial charge in [0.05, 0.1) is 12.1 Å². The second kappa shape index (κ2) is 3.80. The van der Waals surface area contributed by atoms with Crippen LogP contribution in [0.15, 0.2) is 18.6 Å². The fourth-order valence-electron chi connectivity index (χ4n) is 0.559. The van der Waals surface area contributed by atoms with Crippen molar-refractivity contribution in [1.82, 2.24) is 9.97 Å². The molecule has 0 aliphatic heterocycles. The summed E-state index contributed by atoms with van der Waals surface area (Å²) in [6.07, 6.45) is 4.40. The molecular weight excluding hydrogens is 156 g/mol. The highest BCUT2D eigenvalue weighted by atomic mass is 16.5. The van der Waals surface area contributed by atoms with E-state index in [1.807, 2.05) is 0 Å². The SMILES string of the molecule is CC(C)C(=O)Oc1cnccn1. The maximum atomic E-state index is 11.0. The summed E-state index contributed by atoms with van der Waals surface area (Å²) in [5, 5.41) is 0. The van der Waals surface area contributed by atoms with Crippen LogP contribution in [0.5, 0.6) is 5.88 Å². The number of hydrogen-bond acceptors (Lipinski definition) is 4. The smallest absolute Gasteiger partial charge is 0.315 e. The van der Waals surface area contributed by atoms with Gasteiger partial charge < -0.3 is 4.74 Å². The van der Waals surface area contributed by atoms with Crippen LogP contribution < -0.4 is 4.74 Å². The Kier molecular flexibility index (Phi) is 2.74. The van der Waals surface area contributed by atoms with E-state index in [-0.39, 0.29) is 17.8 Å². The molecule has 0 spiro atoms. The largest absolute Gasteiger partial charge is 0.406 e. The van der Waals surface area contributed by atoms with Crippen LogP contribution in [0.1, 0.15) is 13.8 Å². The van der Waals surface area contributed by atoms with Crippen molar-refractivity contribution in [1.29, 1.82) is 0 Å². The number of esters is 1. The highest BCUT2D eigenvalue weighted by Crippen LogP contribution is 2.04. The summed E-state index contributed by atoms with van der Waals surface area (Å²) in [5.41, 5.74) is 0. The lowest BCUT2D eigenvalue weighted by atomic mass is 10.2. The van der Waals surface area contributed by atoms with Crippen LogP contribution in [0.3, 0.4) is 0 Å². The maximum absolute atomic E-state index is 11.0. The first-order chi connectivity index (χ1) is 5.70. The van der Waals surface area contributed by atoms with E-state index in [1.165, 1.54) is 18.6 Å². The molecule has 4 nitrogen and oxygen atoms in total. The van der Waals surface area contributed by atoms with E-state index in [1.54, 1.807) is 13.8 Å². The summed E-state index contributed by atoms with van der Waals surface area (Å²) in [5.74, 6) is -0.196. The summed E-state index contributed by atoms with van der Waals surface area (Å²) in [7, 11) is 0. The predicted octanol–water partition coefficient (Wildman–Crippen LogP) is 1.04. The fraction of sp³-hybridized carbons (Fsp3) is 0.375. The Hall–Kier alpha value is -1.45. The molecule has 1 aromatic heterocycles. The number of nitrogens with zero attached hydrogens (tertiary/aromatic N) is 2. The Morgan fingerprint density at radius 3 is 2.75 bits per heavy atom. The van der Waals surface area contributed by atoms with Gasteiger partial charge >= 0.3 is 5.97 Å². The van der Waals surface area contributed by atoms with Gasteiger partial charge in [-0.15, -0.1) is 0 Å². The van der Waals surface area contributed by atoms with Crippen LogP contribution in [0.2, 0.25) is 0 Å². The van der Waals surface area contributed by atoms with Crippen LogP contribution in [-0.4, -0.2) is 15.9 Å². The van der Waals surface area contributed by atoms with E-state index in [4.69, 9.17) is 4.74 Å². The lowest BCUT2D eigenvalue weighted by Gasteiger charge is -2.03. The van der Waals surface area contributed by atoms with Gasteiger partial charge in [-0.1, -0.05) is 13.8 Å². The molecule has 0 N–H and O–H groups in total. The molecule has 0 atom stereocenters. The molecule has 0 saturated carbocycles. The van der Waals surface area contributed by atoms with Gasteiger partial charge in [-0.05, 0) is 0 Å². The van der Waals surface area contributed by atoms with E-state index >= 15 is 0 Å². The molecule has 1 heterocycles. The zero-order chi connectivity index (χ0) is 8.97. The van der Waals surface area contributed by atoms with Crippen molar-refractivity contribution in [2.45, 2.75) is 13.8 Å². The molecule has 0 unspecified atom stereocenters. The summed E-state index contributed by atoms with van der Waals surface area (Å²) in [6, 6.07) is 0. The summed E-state index contributed by atoms with van der Waals surface area (Å²) in [4.78, 5) is 18.6. The van der Waals surface area contributed by atoms with E-state index < -0.39 is 0 Å². The van der Waals surface area contributed by atoms with Crippen molar-refractivity contribution in [2.24, 2.45) is 5.92 Å². The van der Waals surface area contributed by atoms with E-state index in [0.717, 1.165) is 0 Å². The van der Waals surface area contributed by atoms with Gasteiger partial charge in [-0.2, -0.15) is 0 Å². The van der Waals surface area contributed by atoms with Crippen molar-refractivity contribution in [3.05, 3.63) is 18.6 Å². The Morgan fingerprint density at radius 1 is 1.50 bits per heavy atom. The highest BCUT2D eigenvalue weighted by Gasteiger charge is 2.09. The number of carbonyl (C=O) groups excluding carboxylic acids is 1. The van der Waals surface area contributed by atoms with Crippen LogP contribution in [0.25, 0.3) is 0 Å². The third kappa shape index (κ3) is 2.30. The Labute approximate surface area is 70.6 Å². The molecule has 4 heteroatoms. The second-order valence-electron chi connectivity index (χ2n) is 2.62. The van der Waals surface area contributed by atoms with Gasteiger partial charge in [0, 0.05) is 12.4 Å². The topological polar surface area (TPSA) is 52.1 Å². The quantitative estimate of drug-likeness (QED) is 0.616. The number of rotatable bonds is 2. The van der Waals surface area contributed by atoms with Gasteiger partial charge in [0.1, 0.15) is 0 Å². The van der Waals surface area contributed by atoms with Crippen LogP contribution in [0, 0.1) is 5.92 Å². The van der Waals surface area contributed by atoms with Gasteiger partial charge in [-0.25, -0.2) is 4.98 Å². The average molecular weight is 166 g/mol. The van der Waals surface area contributed by atoms with Crippen molar-refractivity contribution in [3.8, 4) is 5.88 Å². The van der Waals surface area contributed by atoms with Crippen molar-refractivity contribution in [2.75, 3.05) is 0 Å². The summed E-state index contributed by atoms with van der Waals surface area (Å²) < 4.78 is 4.86. The zero-order valence-electron chi connectivity index (χ0n) is 7.02. The number of hydrogen-bond donors (Lipinski definition) is 0. The lowest BCUT2D eigenvalue weighted by Crippen LogP contribution is -2.15. The maximum Gasteiger partial charge on any atom is 0.315 e. The Bertz CT molecular complexity index is 259. The molecule has 0 amide bonds. The molecule has 0 aliphatic rings. The van der Waals surface area contributed by atoms with Gasteiger partial charge in [0.15, 0.2) is 0 Å². The Balaban J connectivity index is 2.59. The second-order valence-corrected chi connectivity index (χ2v) is 2.62.